The summed E-state index contributed by atoms with van der Waals surface area (Å²) in [5.41, 5.74) is 1.15. The van der Waals surface area contributed by atoms with Crippen molar-refractivity contribution in [3.8, 4) is 5.75 Å². The Hall–Kier alpha value is -3.22. The molecule has 1 heterocycles. The van der Waals surface area contributed by atoms with E-state index < -0.39 is 6.61 Å². The van der Waals surface area contributed by atoms with Gasteiger partial charge in [-0.05, 0) is 23.8 Å². The fourth-order valence-corrected chi connectivity index (χ4v) is 2.60. The van der Waals surface area contributed by atoms with Gasteiger partial charge in [0.15, 0.2) is 0 Å². The van der Waals surface area contributed by atoms with Gasteiger partial charge < -0.3 is 15.0 Å². The van der Waals surface area contributed by atoms with Crippen LogP contribution >= 0.6 is 0 Å². The lowest BCUT2D eigenvalue weighted by Crippen LogP contribution is -2.30. The maximum absolute atomic E-state index is 12.6. The average molecular weight is 357 g/mol. The van der Waals surface area contributed by atoms with E-state index >= 15 is 0 Å². The van der Waals surface area contributed by atoms with E-state index in [0.29, 0.717) is 6.42 Å². The monoisotopic (exact) mass is 357 g/mol. The fourth-order valence-electron chi connectivity index (χ4n) is 2.60. The number of benzene rings is 2. The second kappa shape index (κ2) is 8.24. The van der Waals surface area contributed by atoms with Crippen molar-refractivity contribution in [2.75, 3.05) is 0 Å². The predicted molar refractivity (Wildman–Crippen MR) is 92.0 cm³/mol. The lowest BCUT2D eigenvalue weighted by molar-refractivity contribution is -0.0498. The molecule has 1 amide bonds. The number of ether oxygens (including phenoxy) is 1. The molecule has 3 rings (SSSR count). The Bertz CT molecular complexity index is 839. The Balaban J connectivity index is 1.79. The van der Waals surface area contributed by atoms with Crippen molar-refractivity contribution in [1.29, 1.82) is 0 Å². The molecule has 1 aromatic heterocycles. The molecule has 5 nitrogen and oxygen atoms in total. The molecule has 3 aromatic rings. The minimum atomic E-state index is -2.94. The van der Waals surface area contributed by atoms with Crippen molar-refractivity contribution >= 4 is 5.91 Å². The van der Waals surface area contributed by atoms with Gasteiger partial charge in [0, 0.05) is 24.4 Å². The van der Waals surface area contributed by atoms with Crippen LogP contribution in [0.5, 0.6) is 5.75 Å². The molecule has 0 radical (unpaired) electrons. The number of rotatable bonds is 7. The Morgan fingerprint density at radius 2 is 1.96 bits per heavy atom. The molecule has 0 unspecified atom stereocenters. The Morgan fingerprint density at radius 3 is 2.65 bits per heavy atom. The minimum absolute atomic E-state index is 0.0602. The summed E-state index contributed by atoms with van der Waals surface area (Å²) in [6, 6.07) is 14.8. The molecule has 0 bridgehead atoms. The standard InChI is InChI=1S/C19H17F2N3O2/c20-19(21)26-15-8-4-7-14(11-15)18(25)24-16(12-17-22-9-10-23-17)13-5-2-1-3-6-13/h1-11,16,19H,12H2,(H,22,23)(H,24,25)/t16-/m1/s1. The van der Waals surface area contributed by atoms with Crippen molar-refractivity contribution in [3.05, 3.63) is 83.9 Å². The Morgan fingerprint density at radius 1 is 1.15 bits per heavy atom. The maximum Gasteiger partial charge on any atom is 0.387 e. The van der Waals surface area contributed by atoms with Crippen molar-refractivity contribution in [3.63, 3.8) is 0 Å². The van der Waals surface area contributed by atoms with Crippen LogP contribution < -0.4 is 10.1 Å². The van der Waals surface area contributed by atoms with Crippen LogP contribution in [-0.2, 0) is 6.42 Å². The number of aromatic amines is 1. The first kappa shape index (κ1) is 17.6. The number of nitrogens with one attached hydrogen (secondary N) is 2. The number of imidazole rings is 1. The smallest absolute Gasteiger partial charge is 0.387 e. The van der Waals surface area contributed by atoms with Gasteiger partial charge in [0.2, 0.25) is 0 Å². The quantitative estimate of drug-likeness (QED) is 0.677. The van der Waals surface area contributed by atoms with Crippen LogP contribution in [0.2, 0.25) is 0 Å². The van der Waals surface area contributed by atoms with Gasteiger partial charge in [0.1, 0.15) is 11.6 Å². The molecule has 2 aromatic carbocycles. The summed E-state index contributed by atoms with van der Waals surface area (Å²) in [7, 11) is 0. The third-order valence-corrected chi connectivity index (χ3v) is 3.78. The van der Waals surface area contributed by atoms with Crippen LogP contribution in [0.3, 0.4) is 0 Å². The normalized spacial score (nSPS) is 12.0. The molecule has 0 aliphatic rings. The summed E-state index contributed by atoms with van der Waals surface area (Å²) in [6.07, 6.45) is 3.82. The molecule has 0 saturated carbocycles. The highest BCUT2D eigenvalue weighted by Crippen LogP contribution is 2.20. The van der Waals surface area contributed by atoms with E-state index in [1.807, 2.05) is 30.3 Å². The molecular formula is C19H17F2N3O2. The van der Waals surface area contributed by atoms with Gasteiger partial charge in [-0.1, -0.05) is 36.4 Å². The van der Waals surface area contributed by atoms with Gasteiger partial charge in [0.25, 0.3) is 5.91 Å². The van der Waals surface area contributed by atoms with Gasteiger partial charge in [-0.2, -0.15) is 8.78 Å². The third-order valence-electron chi connectivity index (χ3n) is 3.78. The molecule has 0 fully saturated rings. The van der Waals surface area contributed by atoms with Crippen LogP contribution in [-0.4, -0.2) is 22.5 Å². The summed E-state index contributed by atoms with van der Waals surface area (Å²) >= 11 is 0. The third kappa shape index (κ3) is 4.66. The number of hydrogen-bond acceptors (Lipinski definition) is 3. The lowest BCUT2D eigenvalue weighted by Gasteiger charge is -2.18. The highest BCUT2D eigenvalue weighted by atomic mass is 19.3. The Kier molecular flexibility index (Phi) is 5.58. The zero-order chi connectivity index (χ0) is 18.4. The van der Waals surface area contributed by atoms with Gasteiger partial charge in [-0.3, -0.25) is 4.79 Å². The maximum atomic E-state index is 12.6. The van der Waals surface area contributed by atoms with Crippen molar-refractivity contribution in [1.82, 2.24) is 15.3 Å². The summed E-state index contributed by atoms with van der Waals surface area (Å²) in [5, 5.41) is 2.93. The van der Waals surface area contributed by atoms with Gasteiger partial charge >= 0.3 is 6.61 Å². The molecule has 26 heavy (non-hydrogen) atoms. The SMILES string of the molecule is O=C(N[C@H](Cc1ncc[nH]1)c1ccccc1)c1cccc(OC(F)F)c1. The van der Waals surface area contributed by atoms with E-state index in [4.69, 9.17) is 0 Å². The number of alkyl halides is 2. The molecule has 7 heteroatoms. The van der Waals surface area contributed by atoms with E-state index in [-0.39, 0.29) is 23.3 Å². The number of hydrogen-bond donors (Lipinski definition) is 2. The number of halogens is 2. The van der Waals surface area contributed by atoms with E-state index in [2.05, 4.69) is 20.0 Å². The zero-order valence-electron chi connectivity index (χ0n) is 13.7. The van der Waals surface area contributed by atoms with Gasteiger partial charge in [-0.15, -0.1) is 0 Å². The van der Waals surface area contributed by atoms with E-state index in [1.54, 1.807) is 18.5 Å². The van der Waals surface area contributed by atoms with E-state index in [1.165, 1.54) is 18.2 Å². The highest BCUT2D eigenvalue weighted by molar-refractivity contribution is 5.94. The number of H-pyrrole nitrogens is 1. The first-order chi connectivity index (χ1) is 12.6. The summed E-state index contributed by atoms with van der Waals surface area (Å²) in [6.45, 7) is -2.94. The second-order valence-corrected chi connectivity index (χ2v) is 5.58. The van der Waals surface area contributed by atoms with Crippen LogP contribution in [0.4, 0.5) is 8.78 Å². The number of aromatic nitrogens is 2. The number of nitrogens with zero attached hydrogens (tertiary/aromatic N) is 1. The van der Waals surface area contributed by atoms with Gasteiger partial charge in [-0.25, -0.2) is 4.98 Å². The van der Waals surface area contributed by atoms with Crippen molar-refractivity contribution in [2.24, 2.45) is 0 Å². The van der Waals surface area contributed by atoms with Crippen LogP contribution in [0.15, 0.2) is 67.0 Å². The average Bonchev–Trinajstić information content (AvgIpc) is 3.14. The molecular weight excluding hydrogens is 340 g/mol. The Labute approximate surface area is 149 Å². The zero-order valence-corrected chi connectivity index (χ0v) is 13.7. The molecule has 1 atom stereocenters. The molecule has 0 spiro atoms. The van der Waals surface area contributed by atoms with E-state index in [0.717, 1.165) is 11.4 Å². The topological polar surface area (TPSA) is 67.0 Å². The van der Waals surface area contributed by atoms with Crippen molar-refractivity contribution in [2.45, 2.75) is 19.1 Å². The molecule has 0 aliphatic heterocycles. The largest absolute Gasteiger partial charge is 0.435 e. The highest BCUT2D eigenvalue weighted by Gasteiger charge is 2.18. The molecule has 2 N–H and O–H groups in total. The summed E-state index contributed by atoms with van der Waals surface area (Å²) in [4.78, 5) is 19.8. The fraction of sp³-hybridized carbons (Fsp3) is 0.158. The van der Waals surface area contributed by atoms with Crippen molar-refractivity contribution < 1.29 is 18.3 Å². The molecule has 0 saturated heterocycles. The van der Waals surface area contributed by atoms with E-state index in [9.17, 15) is 13.6 Å². The second-order valence-electron chi connectivity index (χ2n) is 5.58. The first-order valence-electron chi connectivity index (χ1n) is 8.01. The predicted octanol–water partition coefficient (Wildman–Crippen LogP) is 3.72. The van der Waals surface area contributed by atoms with Crippen LogP contribution in [0.25, 0.3) is 0 Å². The summed E-state index contributed by atoms with van der Waals surface area (Å²) in [5.74, 6) is 0.286. The molecule has 0 aliphatic carbocycles. The summed E-state index contributed by atoms with van der Waals surface area (Å²) < 4.78 is 29.1. The first-order valence-corrected chi connectivity index (χ1v) is 8.01. The van der Waals surface area contributed by atoms with Crippen LogP contribution in [0, 0.1) is 0 Å². The number of amides is 1. The lowest BCUT2D eigenvalue weighted by atomic mass is 10.0. The minimum Gasteiger partial charge on any atom is -0.435 e. The number of carbonyl (C=O) groups is 1. The van der Waals surface area contributed by atoms with Crippen LogP contribution in [0.1, 0.15) is 27.8 Å². The molecule has 134 valence electrons. The van der Waals surface area contributed by atoms with Gasteiger partial charge in [0.05, 0.1) is 6.04 Å². The number of carbonyl (C=O) groups excluding carboxylic acids is 1.